The van der Waals surface area contributed by atoms with E-state index < -0.39 is 0 Å². The van der Waals surface area contributed by atoms with Gasteiger partial charge in [0, 0.05) is 25.4 Å². The molecule has 0 bridgehead atoms. The number of halogens is 1. The second-order valence-corrected chi connectivity index (χ2v) is 4.61. The SMILES string of the molecule is N#Cc1cccnc1NCCNC(=O)C=Cc1ccc(F)cc1. The first-order valence-corrected chi connectivity index (χ1v) is 6.99. The second kappa shape index (κ2) is 8.29. The smallest absolute Gasteiger partial charge is 0.244 e. The zero-order valence-corrected chi connectivity index (χ0v) is 12.3. The van der Waals surface area contributed by atoms with Crippen molar-refractivity contribution in [3.05, 3.63) is 65.6 Å². The highest BCUT2D eigenvalue weighted by Crippen LogP contribution is 2.08. The van der Waals surface area contributed by atoms with E-state index in [0.29, 0.717) is 24.5 Å². The number of carbonyl (C=O) groups is 1. The van der Waals surface area contributed by atoms with Gasteiger partial charge in [0.25, 0.3) is 0 Å². The molecular formula is C17H15FN4O. The van der Waals surface area contributed by atoms with Crippen LogP contribution in [0.1, 0.15) is 11.1 Å². The van der Waals surface area contributed by atoms with Gasteiger partial charge in [-0.1, -0.05) is 12.1 Å². The summed E-state index contributed by atoms with van der Waals surface area (Å²) in [6, 6.07) is 11.2. The summed E-state index contributed by atoms with van der Waals surface area (Å²) in [6.07, 6.45) is 4.58. The Hall–Kier alpha value is -3.20. The quantitative estimate of drug-likeness (QED) is 0.634. The van der Waals surface area contributed by atoms with Crippen LogP contribution in [0.3, 0.4) is 0 Å². The second-order valence-electron chi connectivity index (χ2n) is 4.61. The van der Waals surface area contributed by atoms with Crippen LogP contribution in [0.2, 0.25) is 0 Å². The molecule has 0 fully saturated rings. The van der Waals surface area contributed by atoms with E-state index in [4.69, 9.17) is 5.26 Å². The number of nitrogens with zero attached hydrogens (tertiary/aromatic N) is 2. The van der Waals surface area contributed by atoms with Gasteiger partial charge in [-0.2, -0.15) is 5.26 Å². The van der Waals surface area contributed by atoms with Gasteiger partial charge in [-0.3, -0.25) is 4.79 Å². The fourth-order valence-corrected chi connectivity index (χ4v) is 1.81. The van der Waals surface area contributed by atoms with E-state index >= 15 is 0 Å². The zero-order chi connectivity index (χ0) is 16.5. The molecule has 1 aromatic heterocycles. The summed E-state index contributed by atoms with van der Waals surface area (Å²) in [4.78, 5) is 15.7. The van der Waals surface area contributed by atoms with Crippen LogP contribution >= 0.6 is 0 Å². The predicted molar refractivity (Wildman–Crippen MR) is 85.9 cm³/mol. The Morgan fingerprint density at radius 1 is 1.26 bits per heavy atom. The molecule has 116 valence electrons. The van der Waals surface area contributed by atoms with Crippen LogP contribution in [0.4, 0.5) is 10.2 Å². The van der Waals surface area contributed by atoms with Crippen molar-refractivity contribution in [3.8, 4) is 6.07 Å². The lowest BCUT2D eigenvalue weighted by Gasteiger charge is -2.07. The molecule has 2 N–H and O–H groups in total. The number of hydrogen-bond acceptors (Lipinski definition) is 4. The minimum Gasteiger partial charge on any atom is -0.367 e. The van der Waals surface area contributed by atoms with E-state index in [1.165, 1.54) is 18.2 Å². The third-order valence-corrected chi connectivity index (χ3v) is 2.94. The van der Waals surface area contributed by atoms with E-state index in [0.717, 1.165) is 5.56 Å². The lowest BCUT2D eigenvalue weighted by Crippen LogP contribution is -2.27. The van der Waals surface area contributed by atoms with E-state index in [-0.39, 0.29) is 11.7 Å². The average Bonchev–Trinajstić information content (AvgIpc) is 2.58. The maximum Gasteiger partial charge on any atom is 0.244 e. The third-order valence-electron chi connectivity index (χ3n) is 2.94. The number of aromatic nitrogens is 1. The summed E-state index contributed by atoms with van der Waals surface area (Å²) in [5, 5.41) is 14.6. The Morgan fingerprint density at radius 2 is 2.04 bits per heavy atom. The number of pyridine rings is 1. The van der Waals surface area contributed by atoms with Crippen LogP contribution in [0.5, 0.6) is 0 Å². The molecule has 23 heavy (non-hydrogen) atoms. The van der Waals surface area contributed by atoms with Crippen LogP contribution in [0.15, 0.2) is 48.7 Å². The highest BCUT2D eigenvalue weighted by Gasteiger charge is 2.01. The minimum absolute atomic E-state index is 0.252. The molecule has 0 aliphatic rings. The van der Waals surface area contributed by atoms with Crippen LogP contribution in [0.25, 0.3) is 6.08 Å². The summed E-state index contributed by atoms with van der Waals surface area (Å²) < 4.78 is 12.7. The van der Waals surface area contributed by atoms with Gasteiger partial charge in [0.2, 0.25) is 5.91 Å². The van der Waals surface area contributed by atoms with Gasteiger partial charge < -0.3 is 10.6 Å². The molecule has 1 aromatic carbocycles. The summed E-state index contributed by atoms with van der Waals surface area (Å²) >= 11 is 0. The Kier molecular flexibility index (Phi) is 5.83. The molecule has 2 aromatic rings. The average molecular weight is 310 g/mol. The van der Waals surface area contributed by atoms with E-state index in [9.17, 15) is 9.18 Å². The molecule has 0 saturated carbocycles. The van der Waals surface area contributed by atoms with Crippen molar-refractivity contribution >= 4 is 17.8 Å². The molecule has 0 radical (unpaired) electrons. The van der Waals surface area contributed by atoms with Crippen molar-refractivity contribution in [1.82, 2.24) is 10.3 Å². The molecule has 2 rings (SSSR count). The number of nitriles is 1. The van der Waals surface area contributed by atoms with Gasteiger partial charge in [0.1, 0.15) is 17.7 Å². The first kappa shape index (κ1) is 16.2. The van der Waals surface area contributed by atoms with Gasteiger partial charge >= 0.3 is 0 Å². The van der Waals surface area contributed by atoms with Crippen molar-refractivity contribution in [3.63, 3.8) is 0 Å². The van der Waals surface area contributed by atoms with Gasteiger partial charge in [-0.25, -0.2) is 9.37 Å². The summed E-state index contributed by atoms with van der Waals surface area (Å²) in [5.41, 5.74) is 1.20. The number of benzene rings is 1. The summed E-state index contributed by atoms with van der Waals surface area (Å²) in [6.45, 7) is 0.829. The Bertz CT molecular complexity index is 735. The number of nitrogens with one attached hydrogen (secondary N) is 2. The standard InChI is InChI=1S/C17H15FN4O/c18-15-6-3-13(4-7-15)5-8-16(23)20-10-11-22-17-14(12-19)2-1-9-21-17/h1-9H,10-11H2,(H,20,23)(H,21,22). The molecule has 6 heteroatoms. The monoisotopic (exact) mass is 310 g/mol. The zero-order valence-electron chi connectivity index (χ0n) is 12.3. The lowest BCUT2D eigenvalue weighted by atomic mass is 10.2. The number of hydrogen-bond donors (Lipinski definition) is 2. The third kappa shape index (κ3) is 5.25. The van der Waals surface area contributed by atoms with Crippen molar-refractivity contribution in [2.24, 2.45) is 0 Å². The normalized spacial score (nSPS) is 10.3. The first-order chi connectivity index (χ1) is 11.2. The van der Waals surface area contributed by atoms with E-state index in [1.54, 1.807) is 36.5 Å². The summed E-state index contributed by atoms with van der Waals surface area (Å²) in [5.74, 6) is -0.0762. The summed E-state index contributed by atoms with van der Waals surface area (Å²) in [7, 11) is 0. The molecule has 0 atom stereocenters. The molecule has 0 aliphatic carbocycles. The number of carbonyl (C=O) groups excluding carboxylic acids is 1. The van der Waals surface area contributed by atoms with Crippen molar-refractivity contribution < 1.29 is 9.18 Å². The molecular weight excluding hydrogens is 295 g/mol. The highest BCUT2D eigenvalue weighted by atomic mass is 19.1. The van der Waals surface area contributed by atoms with Gasteiger partial charge in [-0.05, 0) is 35.9 Å². The Morgan fingerprint density at radius 3 is 2.78 bits per heavy atom. The Balaban J connectivity index is 1.75. The topological polar surface area (TPSA) is 77.8 Å². The van der Waals surface area contributed by atoms with Gasteiger partial charge in [0.15, 0.2) is 0 Å². The van der Waals surface area contributed by atoms with Crippen LogP contribution < -0.4 is 10.6 Å². The van der Waals surface area contributed by atoms with Crippen molar-refractivity contribution in [2.75, 3.05) is 18.4 Å². The largest absolute Gasteiger partial charge is 0.367 e. The maximum atomic E-state index is 12.7. The predicted octanol–water partition coefficient (Wildman–Crippen LogP) is 2.33. The van der Waals surface area contributed by atoms with Crippen molar-refractivity contribution in [1.29, 1.82) is 5.26 Å². The molecule has 0 saturated heterocycles. The highest BCUT2D eigenvalue weighted by molar-refractivity contribution is 5.91. The molecule has 1 amide bonds. The maximum absolute atomic E-state index is 12.7. The van der Waals surface area contributed by atoms with Crippen LogP contribution in [-0.2, 0) is 4.79 Å². The number of amides is 1. The van der Waals surface area contributed by atoms with Crippen molar-refractivity contribution in [2.45, 2.75) is 0 Å². The van der Waals surface area contributed by atoms with E-state index in [2.05, 4.69) is 15.6 Å². The van der Waals surface area contributed by atoms with Gasteiger partial charge in [-0.15, -0.1) is 0 Å². The number of rotatable bonds is 6. The molecule has 1 heterocycles. The molecule has 0 unspecified atom stereocenters. The fraction of sp³-hybridized carbons (Fsp3) is 0.118. The molecule has 5 nitrogen and oxygen atoms in total. The lowest BCUT2D eigenvalue weighted by molar-refractivity contribution is -0.116. The van der Waals surface area contributed by atoms with E-state index in [1.807, 2.05) is 6.07 Å². The molecule has 0 spiro atoms. The van der Waals surface area contributed by atoms with Gasteiger partial charge in [0.05, 0.1) is 5.56 Å². The number of anilines is 1. The Labute approximate surface area is 133 Å². The fourth-order valence-electron chi connectivity index (χ4n) is 1.81. The minimum atomic E-state index is -0.316. The first-order valence-electron chi connectivity index (χ1n) is 6.99. The van der Waals surface area contributed by atoms with Crippen LogP contribution in [-0.4, -0.2) is 24.0 Å². The van der Waals surface area contributed by atoms with Crippen LogP contribution in [0, 0.1) is 17.1 Å². The molecule has 0 aliphatic heterocycles.